The van der Waals surface area contributed by atoms with Crippen molar-refractivity contribution >= 4 is 28.2 Å². The number of benzene rings is 2. The van der Waals surface area contributed by atoms with Crippen LogP contribution >= 0.6 is 11.6 Å². The van der Waals surface area contributed by atoms with Gasteiger partial charge in [0.15, 0.2) is 5.65 Å². The average Bonchev–Trinajstić information content (AvgIpc) is 2.79. The number of fused-ring (bicyclic) bond motifs is 3. The molecule has 0 fully saturated rings. The molecule has 5 nitrogen and oxygen atoms in total. The average molecular weight is 417 g/mol. The molecule has 1 aliphatic rings. The lowest BCUT2D eigenvalue weighted by Gasteiger charge is -2.22. The van der Waals surface area contributed by atoms with Gasteiger partial charge in [-0.3, -0.25) is 9.36 Å². The summed E-state index contributed by atoms with van der Waals surface area (Å²) in [5.41, 5.74) is 2.34. The van der Waals surface area contributed by atoms with E-state index in [9.17, 15) is 4.79 Å². The Labute approximate surface area is 177 Å². The Morgan fingerprint density at radius 1 is 1.03 bits per heavy atom. The largest absolute Gasteiger partial charge is 0.488 e. The van der Waals surface area contributed by atoms with Crippen LogP contribution in [0.5, 0.6) is 11.5 Å². The zero-order valence-corrected chi connectivity index (χ0v) is 16.7. The molecule has 148 valence electrons. The summed E-state index contributed by atoms with van der Waals surface area (Å²) in [6.45, 7) is 0.558. The fraction of sp³-hybridized carbons (Fsp3) is 0.0833. The van der Waals surface area contributed by atoms with Crippen LogP contribution in [-0.4, -0.2) is 22.8 Å². The van der Waals surface area contributed by atoms with Crippen molar-refractivity contribution in [2.45, 2.75) is 0 Å². The molecular formula is C24H17ClN2O3. The fourth-order valence-corrected chi connectivity index (χ4v) is 3.81. The first-order valence-corrected chi connectivity index (χ1v) is 9.90. The molecule has 0 amide bonds. The summed E-state index contributed by atoms with van der Waals surface area (Å²) in [5.74, 6) is 1.11. The lowest BCUT2D eigenvalue weighted by molar-refractivity contribution is 0.344. The maximum Gasteiger partial charge on any atom is 0.268 e. The SMILES string of the molecule is O=c1c2c(c3cccnc3n1-c1ccccc1)OCC=C2COc1ccccc1Cl. The molecule has 1 aliphatic heterocycles. The monoisotopic (exact) mass is 416 g/mol. The summed E-state index contributed by atoms with van der Waals surface area (Å²) < 4.78 is 13.4. The minimum Gasteiger partial charge on any atom is -0.488 e. The molecule has 0 unspecified atom stereocenters. The van der Waals surface area contributed by atoms with Crippen molar-refractivity contribution < 1.29 is 9.47 Å². The summed E-state index contributed by atoms with van der Waals surface area (Å²) in [4.78, 5) is 18.1. The number of rotatable bonds is 4. The fourth-order valence-electron chi connectivity index (χ4n) is 3.62. The van der Waals surface area contributed by atoms with Crippen molar-refractivity contribution in [2.24, 2.45) is 0 Å². The smallest absolute Gasteiger partial charge is 0.268 e. The van der Waals surface area contributed by atoms with Crippen molar-refractivity contribution in [1.29, 1.82) is 0 Å². The van der Waals surface area contributed by atoms with Crippen LogP contribution in [0.1, 0.15) is 5.56 Å². The van der Waals surface area contributed by atoms with E-state index in [0.717, 1.165) is 16.6 Å². The first kappa shape index (κ1) is 18.5. The first-order chi connectivity index (χ1) is 14.7. The van der Waals surface area contributed by atoms with Gasteiger partial charge in [0, 0.05) is 11.8 Å². The van der Waals surface area contributed by atoms with Crippen LogP contribution in [0.4, 0.5) is 0 Å². The molecule has 0 N–H and O–H groups in total. The van der Waals surface area contributed by atoms with Crippen molar-refractivity contribution in [3.63, 3.8) is 0 Å². The molecular weight excluding hydrogens is 400 g/mol. The highest BCUT2D eigenvalue weighted by Crippen LogP contribution is 2.35. The highest BCUT2D eigenvalue weighted by Gasteiger charge is 2.25. The van der Waals surface area contributed by atoms with Crippen LogP contribution in [0, 0.1) is 0 Å². The van der Waals surface area contributed by atoms with Gasteiger partial charge in [0.05, 0.1) is 21.7 Å². The molecule has 3 heterocycles. The Balaban J connectivity index is 1.67. The molecule has 0 aliphatic carbocycles. The van der Waals surface area contributed by atoms with E-state index in [1.54, 1.807) is 22.9 Å². The van der Waals surface area contributed by atoms with Crippen LogP contribution in [-0.2, 0) is 0 Å². The van der Waals surface area contributed by atoms with Crippen LogP contribution < -0.4 is 15.0 Å². The van der Waals surface area contributed by atoms with Crippen molar-refractivity contribution in [3.05, 3.63) is 99.9 Å². The van der Waals surface area contributed by atoms with Gasteiger partial charge in [0.2, 0.25) is 0 Å². The quantitative estimate of drug-likeness (QED) is 0.475. The van der Waals surface area contributed by atoms with E-state index in [0.29, 0.717) is 34.3 Å². The van der Waals surface area contributed by atoms with E-state index in [1.807, 2.05) is 60.7 Å². The van der Waals surface area contributed by atoms with Gasteiger partial charge in [-0.25, -0.2) is 4.98 Å². The maximum absolute atomic E-state index is 13.6. The van der Waals surface area contributed by atoms with Gasteiger partial charge < -0.3 is 9.47 Å². The predicted octanol–water partition coefficient (Wildman–Crippen LogP) is 4.89. The van der Waals surface area contributed by atoms with E-state index in [4.69, 9.17) is 21.1 Å². The van der Waals surface area contributed by atoms with E-state index in [-0.39, 0.29) is 12.2 Å². The number of nitrogens with zero attached hydrogens (tertiary/aromatic N) is 2. The first-order valence-electron chi connectivity index (χ1n) is 9.53. The number of aromatic nitrogens is 2. The molecule has 0 saturated heterocycles. The second-order valence-corrected chi connectivity index (χ2v) is 7.22. The number of hydrogen-bond donors (Lipinski definition) is 0. The predicted molar refractivity (Wildman–Crippen MR) is 118 cm³/mol. The highest BCUT2D eigenvalue weighted by molar-refractivity contribution is 6.32. The lowest BCUT2D eigenvalue weighted by atomic mass is 10.0. The molecule has 6 heteroatoms. The Kier molecular flexibility index (Phi) is 4.73. The summed E-state index contributed by atoms with van der Waals surface area (Å²) in [7, 11) is 0. The molecule has 4 aromatic rings. The number of hydrogen-bond acceptors (Lipinski definition) is 4. The summed E-state index contributed by atoms with van der Waals surface area (Å²) >= 11 is 6.21. The van der Waals surface area contributed by atoms with Gasteiger partial charge in [-0.05, 0) is 42.5 Å². The lowest BCUT2D eigenvalue weighted by Crippen LogP contribution is -2.27. The van der Waals surface area contributed by atoms with Crippen LogP contribution in [0.25, 0.3) is 22.3 Å². The van der Waals surface area contributed by atoms with E-state index >= 15 is 0 Å². The zero-order valence-electron chi connectivity index (χ0n) is 15.9. The third kappa shape index (κ3) is 3.13. The van der Waals surface area contributed by atoms with E-state index < -0.39 is 0 Å². The molecule has 0 bridgehead atoms. The van der Waals surface area contributed by atoms with Gasteiger partial charge in [-0.2, -0.15) is 0 Å². The topological polar surface area (TPSA) is 53.4 Å². The van der Waals surface area contributed by atoms with Crippen LogP contribution in [0.15, 0.2) is 83.8 Å². The van der Waals surface area contributed by atoms with E-state index in [2.05, 4.69) is 4.98 Å². The van der Waals surface area contributed by atoms with Crippen LogP contribution in [0.3, 0.4) is 0 Å². The van der Waals surface area contributed by atoms with Crippen molar-refractivity contribution in [3.8, 4) is 17.2 Å². The van der Waals surface area contributed by atoms with Crippen LogP contribution in [0.2, 0.25) is 5.02 Å². The van der Waals surface area contributed by atoms with Crippen molar-refractivity contribution in [2.75, 3.05) is 13.2 Å². The minimum absolute atomic E-state index is 0.198. The Hall–Kier alpha value is -3.57. The number of para-hydroxylation sites is 2. The standard InChI is InChI=1S/C24H17ClN2O3/c25-19-10-4-5-11-20(19)30-15-16-12-14-29-22-18-9-6-13-26-23(18)27(24(28)21(16)22)17-7-2-1-3-8-17/h1-13H,14-15H2. The molecule has 0 spiro atoms. The molecule has 0 radical (unpaired) electrons. The summed E-state index contributed by atoms with van der Waals surface area (Å²) in [6.07, 6.45) is 3.55. The van der Waals surface area contributed by atoms with Gasteiger partial charge in [-0.1, -0.05) is 41.9 Å². The second kappa shape index (κ2) is 7.69. The highest BCUT2D eigenvalue weighted by atomic mass is 35.5. The molecule has 2 aromatic carbocycles. The van der Waals surface area contributed by atoms with Crippen molar-refractivity contribution in [1.82, 2.24) is 9.55 Å². The maximum atomic E-state index is 13.6. The number of ether oxygens (including phenoxy) is 2. The summed E-state index contributed by atoms with van der Waals surface area (Å²) in [5, 5.41) is 1.30. The Morgan fingerprint density at radius 3 is 2.67 bits per heavy atom. The third-order valence-corrected chi connectivity index (χ3v) is 5.31. The molecule has 30 heavy (non-hydrogen) atoms. The zero-order chi connectivity index (χ0) is 20.5. The molecule has 5 rings (SSSR count). The normalized spacial score (nSPS) is 12.8. The number of pyridine rings is 2. The molecule has 0 saturated carbocycles. The van der Waals surface area contributed by atoms with Gasteiger partial charge in [-0.15, -0.1) is 0 Å². The molecule has 0 atom stereocenters. The Morgan fingerprint density at radius 2 is 1.83 bits per heavy atom. The van der Waals surface area contributed by atoms with Gasteiger partial charge in [0.25, 0.3) is 5.56 Å². The van der Waals surface area contributed by atoms with Gasteiger partial charge >= 0.3 is 0 Å². The third-order valence-electron chi connectivity index (χ3n) is 5.00. The summed E-state index contributed by atoms with van der Waals surface area (Å²) in [6, 6.07) is 20.5. The van der Waals surface area contributed by atoms with Gasteiger partial charge in [0.1, 0.15) is 24.7 Å². The number of halogens is 1. The minimum atomic E-state index is -0.198. The molecule has 2 aromatic heterocycles. The Bertz CT molecular complexity index is 1330. The second-order valence-electron chi connectivity index (χ2n) is 6.81. The van der Waals surface area contributed by atoms with E-state index in [1.165, 1.54) is 0 Å².